The van der Waals surface area contributed by atoms with Crippen molar-refractivity contribution < 1.29 is 4.74 Å². The van der Waals surface area contributed by atoms with E-state index >= 15 is 0 Å². The third-order valence-corrected chi connectivity index (χ3v) is 5.20. The Labute approximate surface area is 167 Å². The molecular weight excluding hydrogens is 340 g/mol. The van der Waals surface area contributed by atoms with Crippen molar-refractivity contribution in [2.45, 2.75) is 5.41 Å². The Bertz CT molecular complexity index is 883. The van der Waals surface area contributed by atoms with E-state index in [2.05, 4.69) is 115 Å². The van der Waals surface area contributed by atoms with Crippen LogP contribution in [0.2, 0.25) is 0 Å². The summed E-state index contributed by atoms with van der Waals surface area (Å²) in [6.07, 6.45) is 0.914. The van der Waals surface area contributed by atoms with Crippen molar-refractivity contribution in [1.82, 2.24) is 0 Å². The quantitative estimate of drug-likeness (QED) is 0.368. The van der Waals surface area contributed by atoms with Gasteiger partial charge in [-0.3, -0.25) is 0 Å². The molecule has 137 valence electrons. The van der Waals surface area contributed by atoms with Gasteiger partial charge in [0.1, 0.15) is 6.10 Å². The van der Waals surface area contributed by atoms with Crippen LogP contribution in [-0.4, -0.2) is 7.11 Å². The Kier molecular flexibility index (Phi) is 5.36. The Morgan fingerprint density at radius 2 is 0.821 bits per heavy atom. The molecule has 28 heavy (non-hydrogen) atoms. The van der Waals surface area contributed by atoms with Gasteiger partial charge in [0.05, 0.1) is 5.41 Å². The van der Waals surface area contributed by atoms with Crippen molar-refractivity contribution in [2.24, 2.45) is 0 Å². The third-order valence-electron chi connectivity index (χ3n) is 5.20. The molecule has 0 aromatic heterocycles. The molecule has 0 amide bonds. The Balaban J connectivity index is 2.10. The highest BCUT2D eigenvalue weighted by Crippen LogP contribution is 2.49. The first-order chi connectivity index (χ1) is 13.9. The Hall–Kier alpha value is -3.16. The van der Waals surface area contributed by atoms with E-state index in [9.17, 15) is 0 Å². The SMILES string of the molecule is CO[C](c1ccccc1)C(c1ccccc1)(c1ccccc1)c1ccccc1. The van der Waals surface area contributed by atoms with Crippen LogP contribution in [0.4, 0.5) is 0 Å². The van der Waals surface area contributed by atoms with E-state index in [1.54, 1.807) is 7.11 Å². The summed E-state index contributed by atoms with van der Waals surface area (Å²) in [7, 11) is 1.77. The molecule has 0 aliphatic carbocycles. The minimum Gasteiger partial charge on any atom is -0.368 e. The van der Waals surface area contributed by atoms with Crippen molar-refractivity contribution in [3.05, 3.63) is 150 Å². The molecule has 1 radical (unpaired) electrons. The van der Waals surface area contributed by atoms with Crippen molar-refractivity contribution in [3.8, 4) is 0 Å². The maximum atomic E-state index is 6.18. The fourth-order valence-electron chi connectivity index (χ4n) is 4.03. The molecule has 0 spiro atoms. The first-order valence-corrected chi connectivity index (χ1v) is 9.51. The summed E-state index contributed by atoms with van der Waals surface area (Å²) >= 11 is 0. The number of benzene rings is 4. The van der Waals surface area contributed by atoms with Gasteiger partial charge >= 0.3 is 0 Å². The van der Waals surface area contributed by atoms with E-state index in [1.807, 2.05) is 6.07 Å². The molecule has 0 heterocycles. The largest absolute Gasteiger partial charge is 0.368 e. The van der Waals surface area contributed by atoms with E-state index in [4.69, 9.17) is 4.74 Å². The topological polar surface area (TPSA) is 9.23 Å². The molecule has 4 aromatic rings. The first-order valence-electron chi connectivity index (χ1n) is 9.51. The molecule has 0 unspecified atom stereocenters. The maximum absolute atomic E-state index is 6.18. The van der Waals surface area contributed by atoms with Crippen LogP contribution in [0.25, 0.3) is 0 Å². The number of hydrogen-bond acceptors (Lipinski definition) is 1. The summed E-state index contributed by atoms with van der Waals surface area (Å²) in [5.74, 6) is 0. The maximum Gasteiger partial charge on any atom is 0.145 e. The summed E-state index contributed by atoms with van der Waals surface area (Å²) < 4.78 is 6.18. The summed E-state index contributed by atoms with van der Waals surface area (Å²) in [6.45, 7) is 0. The van der Waals surface area contributed by atoms with Crippen LogP contribution in [0.1, 0.15) is 22.3 Å². The molecule has 4 aromatic carbocycles. The predicted molar refractivity (Wildman–Crippen MR) is 115 cm³/mol. The lowest BCUT2D eigenvalue weighted by Crippen LogP contribution is -2.38. The molecule has 0 saturated heterocycles. The normalized spacial score (nSPS) is 11.5. The molecule has 0 atom stereocenters. The van der Waals surface area contributed by atoms with E-state index < -0.39 is 5.41 Å². The molecule has 0 aliphatic heterocycles. The highest BCUT2D eigenvalue weighted by molar-refractivity contribution is 5.59. The Morgan fingerprint density at radius 3 is 1.14 bits per heavy atom. The van der Waals surface area contributed by atoms with Crippen LogP contribution in [-0.2, 0) is 10.2 Å². The monoisotopic (exact) mass is 363 g/mol. The Morgan fingerprint density at radius 1 is 0.500 bits per heavy atom. The molecule has 1 nitrogen and oxygen atoms in total. The van der Waals surface area contributed by atoms with Gasteiger partial charge in [0, 0.05) is 7.11 Å². The standard InChI is InChI=1S/C27H23O/c1-28-26(22-14-6-2-7-15-22)27(23-16-8-3-9-17-23,24-18-10-4-11-19-24)25-20-12-5-13-21-25/h2-21H,1H3. The second kappa shape index (κ2) is 8.24. The van der Waals surface area contributed by atoms with Gasteiger partial charge in [0.2, 0.25) is 0 Å². The van der Waals surface area contributed by atoms with Gasteiger partial charge in [-0.1, -0.05) is 121 Å². The number of methoxy groups -OCH3 is 1. The molecule has 4 rings (SSSR count). The first kappa shape index (κ1) is 18.2. The van der Waals surface area contributed by atoms with Gasteiger partial charge in [0.25, 0.3) is 0 Å². The zero-order valence-corrected chi connectivity index (χ0v) is 16.0. The smallest absolute Gasteiger partial charge is 0.145 e. The zero-order chi connectivity index (χ0) is 19.2. The van der Waals surface area contributed by atoms with Crippen LogP contribution < -0.4 is 0 Å². The molecule has 0 aliphatic rings. The van der Waals surface area contributed by atoms with E-state index in [-0.39, 0.29) is 0 Å². The van der Waals surface area contributed by atoms with E-state index in [1.165, 1.54) is 16.7 Å². The summed E-state index contributed by atoms with van der Waals surface area (Å²) in [5.41, 5.74) is 4.04. The van der Waals surface area contributed by atoms with Gasteiger partial charge in [-0.15, -0.1) is 0 Å². The summed E-state index contributed by atoms with van der Waals surface area (Å²) in [5, 5.41) is 0. The highest BCUT2D eigenvalue weighted by atomic mass is 16.5. The lowest BCUT2D eigenvalue weighted by atomic mass is 9.64. The van der Waals surface area contributed by atoms with Gasteiger partial charge in [-0.25, -0.2) is 0 Å². The fraction of sp³-hybridized carbons (Fsp3) is 0.0741. The minimum absolute atomic E-state index is 0.556. The van der Waals surface area contributed by atoms with Crippen molar-refractivity contribution in [1.29, 1.82) is 0 Å². The second-order valence-corrected chi connectivity index (χ2v) is 6.75. The average molecular weight is 363 g/mol. The lowest BCUT2D eigenvalue weighted by molar-refractivity contribution is 0.187. The van der Waals surface area contributed by atoms with E-state index in [0.29, 0.717) is 0 Å². The highest BCUT2D eigenvalue weighted by Gasteiger charge is 2.45. The van der Waals surface area contributed by atoms with E-state index in [0.717, 1.165) is 11.7 Å². The fourth-order valence-corrected chi connectivity index (χ4v) is 4.03. The van der Waals surface area contributed by atoms with Crippen molar-refractivity contribution >= 4 is 0 Å². The minimum atomic E-state index is -0.556. The summed E-state index contributed by atoms with van der Waals surface area (Å²) in [4.78, 5) is 0. The number of rotatable bonds is 6. The number of ether oxygens (including phenoxy) is 1. The molecule has 1 heteroatoms. The second-order valence-electron chi connectivity index (χ2n) is 6.75. The van der Waals surface area contributed by atoms with Gasteiger partial charge in [-0.2, -0.15) is 0 Å². The lowest BCUT2D eigenvalue weighted by Gasteiger charge is -2.41. The molecule has 0 N–H and O–H groups in total. The molecular formula is C27H23O. The van der Waals surface area contributed by atoms with Crippen molar-refractivity contribution in [3.63, 3.8) is 0 Å². The third kappa shape index (κ3) is 3.15. The molecule has 0 fully saturated rings. The molecule has 0 saturated carbocycles. The van der Waals surface area contributed by atoms with Crippen LogP contribution in [0.15, 0.2) is 121 Å². The van der Waals surface area contributed by atoms with Crippen LogP contribution in [0.5, 0.6) is 0 Å². The average Bonchev–Trinajstić information content (AvgIpc) is 2.80. The van der Waals surface area contributed by atoms with Gasteiger partial charge in [0.15, 0.2) is 0 Å². The van der Waals surface area contributed by atoms with Gasteiger partial charge in [-0.05, 0) is 22.3 Å². The zero-order valence-electron chi connectivity index (χ0n) is 16.0. The number of hydrogen-bond donors (Lipinski definition) is 0. The molecule has 0 bridgehead atoms. The summed E-state index contributed by atoms with van der Waals surface area (Å²) in [6, 6.07) is 42.2. The van der Waals surface area contributed by atoms with Crippen LogP contribution in [0, 0.1) is 6.10 Å². The van der Waals surface area contributed by atoms with Crippen molar-refractivity contribution in [2.75, 3.05) is 7.11 Å². The van der Waals surface area contributed by atoms with Crippen LogP contribution >= 0.6 is 0 Å². The predicted octanol–water partition coefficient (Wildman–Crippen LogP) is 6.25. The van der Waals surface area contributed by atoms with Crippen LogP contribution in [0.3, 0.4) is 0 Å². The van der Waals surface area contributed by atoms with Gasteiger partial charge < -0.3 is 4.74 Å².